The molecule has 0 amide bonds. The lowest BCUT2D eigenvalue weighted by Crippen LogP contribution is -2.30. The van der Waals surface area contributed by atoms with Crippen molar-refractivity contribution in [3.05, 3.63) is 64.2 Å². The minimum absolute atomic E-state index is 0.0707. The van der Waals surface area contributed by atoms with Crippen molar-refractivity contribution in [3.8, 4) is 0 Å². The van der Waals surface area contributed by atoms with Gasteiger partial charge in [0.15, 0.2) is 0 Å². The van der Waals surface area contributed by atoms with E-state index in [-0.39, 0.29) is 23.9 Å². The average Bonchev–Trinajstić information content (AvgIpc) is 2.61. The molecule has 13 heteroatoms. The molecule has 1 N–H and O–H groups in total. The first-order valence-electron chi connectivity index (χ1n) is 7.92. The van der Waals surface area contributed by atoms with Gasteiger partial charge in [0.1, 0.15) is 6.61 Å². The SMILES string of the molecule is C/C(=N\OCc1ccc(Cl)cc1)c1ccc(C(F)(F)F)cc1NS(=O)(=O)C(F)(F)F. The molecule has 2 aromatic rings. The number of benzene rings is 2. The predicted octanol–water partition coefficient (Wildman–Crippen LogP) is 5.56. The summed E-state index contributed by atoms with van der Waals surface area (Å²) in [6.07, 6.45) is -4.91. The first kappa shape index (κ1) is 23.8. The Morgan fingerprint density at radius 2 is 1.67 bits per heavy atom. The highest BCUT2D eigenvalue weighted by Crippen LogP contribution is 2.34. The van der Waals surface area contributed by atoms with E-state index in [1.807, 2.05) is 0 Å². The van der Waals surface area contributed by atoms with E-state index < -0.39 is 33.0 Å². The highest BCUT2D eigenvalue weighted by atomic mass is 35.5. The van der Waals surface area contributed by atoms with Crippen LogP contribution in [0, 0.1) is 0 Å². The summed E-state index contributed by atoms with van der Waals surface area (Å²) in [5.41, 5.74) is -7.86. The number of hydrogen-bond acceptors (Lipinski definition) is 4. The van der Waals surface area contributed by atoms with Gasteiger partial charge in [-0.1, -0.05) is 35.0 Å². The fourth-order valence-corrected chi connectivity index (χ4v) is 2.86. The van der Waals surface area contributed by atoms with E-state index in [2.05, 4.69) is 5.16 Å². The Morgan fingerprint density at radius 1 is 1.07 bits per heavy atom. The minimum atomic E-state index is -5.96. The number of alkyl halides is 6. The van der Waals surface area contributed by atoms with Gasteiger partial charge >= 0.3 is 21.7 Å². The third-order valence-electron chi connectivity index (χ3n) is 3.63. The zero-order chi connectivity index (χ0) is 22.7. The second-order valence-electron chi connectivity index (χ2n) is 5.89. The van der Waals surface area contributed by atoms with Gasteiger partial charge in [-0.25, -0.2) is 0 Å². The van der Waals surface area contributed by atoms with Crippen LogP contribution in [0.2, 0.25) is 5.02 Å². The topological polar surface area (TPSA) is 67.8 Å². The van der Waals surface area contributed by atoms with Crippen LogP contribution in [0.3, 0.4) is 0 Å². The van der Waals surface area contributed by atoms with Crippen LogP contribution in [0.1, 0.15) is 23.6 Å². The average molecular weight is 475 g/mol. The number of nitrogens with one attached hydrogen (secondary N) is 1. The van der Waals surface area contributed by atoms with Crippen LogP contribution in [-0.4, -0.2) is 19.6 Å². The third-order valence-corrected chi connectivity index (χ3v) is 4.98. The normalized spacial score (nSPS) is 13.3. The van der Waals surface area contributed by atoms with Crippen LogP contribution < -0.4 is 4.72 Å². The molecule has 0 heterocycles. The van der Waals surface area contributed by atoms with Crippen LogP contribution in [-0.2, 0) is 27.6 Å². The molecule has 2 aromatic carbocycles. The van der Waals surface area contributed by atoms with Crippen molar-refractivity contribution in [2.75, 3.05) is 4.72 Å². The van der Waals surface area contributed by atoms with E-state index in [4.69, 9.17) is 16.4 Å². The zero-order valence-electron chi connectivity index (χ0n) is 15.0. The summed E-state index contributed by atoms with van der Waals surface area (Å²) in [5, 5.41) is 4.12. The molecule has 2 rings (SSSR count). The highest BCUT2D eigenvalue weighted by molar-refractivity contribution is 7.93. The van der Waals surface area contributed by atoms with Crippen molar-refractivity contribution in [1.29, 1.82) is 0 Å². The Morgan fingerprint density at radius 3 is 2.20 bits per heavy atom. The molecular weight excluding hydrogens is 462 g/mol. The molecule has 0 unspecified atom stereocenters. The summed E-state index contributed by atoms with van der Waals surface area (Å²) < 4.78 is 101. The molecule has 0 bridgehead atoms. The van der Waals surface area contributed by atoms with Crippen molar-refractivity contribution in [2.45, 2.75) is 25.2 Å². The van der Waals surface area contributed by atoms with Gasteiger partial charge in [0.05, 0.1) is 17.0 Å². The summed E-state index contributed by atoms with van der Waals surface area (Å²) in [7, 11) is -5.96. The summed E-state index contributed by atoms with van der Waals surface area (Å²) in [6, 6.07) is 8.02. The Labute approximate surface area is 172 Å². The molecule has 0 saturated heterocycles. The molecule has 0 saturated carbocycles. The van der Waals surface area contributed by atoms with E-state index in [1.54, 1.807) is 24.3 Å². The maximum absolute atomic E-state index is 12.9. The van der Waals surface area contributed by atoms with Crippen LogP contribution in [0.4, 0.5) is 32.0 Å². The molecular formula is C17H13ClF6N2O3S. The Hall–Kier alpha value is -2.47. The van der Waals surface area contributed by atoms with Crippen LogP contribution in [0.25, 0.3) is 0 Å². The lowest BCUT2D eigenvalue weighted by Gasteiger charge is -2.16. The highest BCUT2D eigenvalue weighted by Gasteiger charge is 2.46. The second-order valence-corrected chi connectivity index (χ2v) is 8.00. The number of hydrogen-bond donors (Lipinski definition) is 1. The van der Waals surface area contributed by atoms with E-state index in [0.717, 1.165) is 10.8 Å². The third kappa shape index (κ3) is 6.02. The zero-order valence-corrected chi connectivity index (χ0v) is 16.5. The van der Waals surface area contributed by atoms with Crippen LogP contribution in [0.15, 0.2) is 47.6 Å². The number of anilines is 1. The van der Waals surface area contributed by atoms with Gasteiger partial charge in [-0.3, -0.25) is 4.72 Å². The van der Waals surface area contributed by atoms with Crippen molar-refractivity contribution in [1.82, 2.24) is 0 Å². The predicted molar refractivity (Wildman–Crippen MR) is 98.5 cm³/mol. The fourth-order valence-electron chi connectivity index (χ4n) is 2.16. The monoisotopic (exact) mass is 474 g/mol. The van der Waals surface area contributed by atoms with Crippen molar-refractivity contribution < 1.29 is 39.6 Å². The smallest absolute Gasteiger partial charge is 0.391 e. The first-order chi connectivity index (χ1) is 13.7. The summed E-state index contributed by atoms with van der Waals surface area (Å²) >= 11 is 5.74. The maximum Gasteiger partial charge on any atom is 0.516 e. The van der Waals surface area contributed by atoms with Crippen molar-refractivity contribution >= 4 is 33.0 Å². The second kappa shape index (κ2) is 8.72. The minimum Gasteiger partial charge on any atom is -0.391 e. The number of nitrogens with zero attached hydrogens (tertiary/aromatic N) is 1. The summed E-state index contributed by atoms with van der Waals surface area (Å²) in [4.78, 5) is 5.05. The Balaban J connectivity index is 2.35. The van der Waals surface area contributed by atoms with E-state index in [1.165, 1.54) is 6.92 Å². The van der Waals surface area contributed by atoms with Gasteiger partial charge < -0.3 is 4.84 Å². The molecule has 0 spiro atoms. The van der Waals surface area contributed by atoms with Crippen LogP contribution >= 0.6 is 11.6 Å². The molecule has 0 radical (unpaired) electrons. The van der Waals surface area contributed by atoms with Gasteiger partial charge in [-0.05, 0) is 36.8 Å². The molecule has 0 aromatic heterocycles. The Kier molecular flexibility index (Phi) is 6.92. The molecule has 0 aliphatic heterocycles. The van der Waals surface area contributed by atoms with Gasteiger partial charge in [0.25, 0.3) is 0 Å². The number of rotatable bonds is 6. The van der Waals surface area contributed by atoms with Crippen LogP contribution in [0.5, 0.6) is 0 Å². The Bertz CT molecular complexity index is 1030. The maximum atomic E-state index is 12.9. The van der Waals surface area contributed by atoms with Gasteiger partial charge in [-0.15, -0.1) is 0 Å². The summed E-state index contributed by atoms with van der Waals surface area (Å²) in [5.74, 6) is 0. The standard InChI is InChI=1S/C17H13ClF6N2O3S/c1-10(25-29-9-11-2-5-13(18)6-3-11)14-7-4-12(16(19,20)21)8-15(14)26-30(27,28)17(22,23)24/h2-8,26H,9H2,1H3/b25-10+. The van der Waals surface area contributed by atoms with Crippen molar-refractivity contribution in [2.24, 2.45) is 5.16 Å². The first-order valence-corrected chi connectivity index (χ1v) is 9.78. The quantitative estimate of drug-likeness (QED) is 0.338. The van der Waals surface area contributed by atoms with Gasteiger partial charge in [0.2, 0.25) is 0 Å². The molecule has 5 nitrogen and oxygen atoms in total. The lowest BCUT2D eigenvalue weighted by molar-refractivity contribution is -0.137. The lowest BCUT2D eigenvalue weighted by atomic mass is 10.1. The fraction of sp³-hybridized carbons (Fsp3) is 0.235. The summed E-state index contributed by atoms with van der Waals surface area (Å²) in [6.45, 7) is 1.16. The van der Waals surface area contributed by atoms with E-state index >= 15 is 0 Å². The van der Waals surface area contributed by atoms with E-state index in [0.29, 0.717) is 16.7 Å². The molecule has 164 valence electrons. The number of oxime groups is 1. The van der Waals surface area contributed by atoms with Gasteiger partial charge in [0, 0.05) is 10.6 Å². The largest absolute Gasteiger partial charge is 0.516 e. The number of halogens is 7. The number of sulfonamides is 1. The molecule has 0 atom stereocenters. The van der Waals surface area contributed by atoms with Gasteiger partial charge in [-0.2, -0.15) is 34.8 Å². The molecule has 0 aliphatic carbocycles. The molecule has 30 heavy (non-hydrogen) atoms. The van der Waals surface area contributed by atoms with E-state index in [9.17, 15) is 34.8 Å². The van der Waals surface area contributed by atoms with Crippen molar-refractivity contribution in [3.63, 3.8) is 0 Å². The molecule has 0 fully saturated rings. The molecule has 0 aliphatic rings.